The quantitative estimate of drug-likeness (QED) is 0.734. The second kappa shape index (κ2) is 6.52. The first kappa shape index (κ1) is 13.0. The highest BCUT2D eigenvalue weighted by atomic mass is 16.5. The molecule has 0 aliphatic rings. The fourth-order valence-corrected chi connectivity index (χ4v) is 1.14. The number of hydrogen-bond acceptors (Lipinski definition) is 5. The molecule has 0 aliphatic heterocycles. The van der Waals surface area contributed by atoms with E-state index in [0.29, 0.717) is 12.4 Å². The van der Waals surface area contributed by atoms with Crippen LogP contribution in [0.4, 0.5) is 0 Å². The first-order valence-corrected chi connectivity index (χ1v) is 5.17. The van der Waals surface area contributed by atoms with E-state index in [4.69, 9.17) is 9.15 Å². The zero-order valence-electron chi connectivity index (χ0n) is 9.76. The molecule has 0 saturated heterocycles. The fraction of sp³-hybridized carbons (Fsp3) is 0.333. The second-order valence-corrected chi connectivity index (χ2v) is 3.11. The third-order valence-electron chi connectivity index (χ3n) is 1.89. The van der Waals surface area contributed by atoms with Crippen molar-refractivity contribution in [3.8, 4) is 0 Å². The Bertz CT molecular complexity index is 416. The summed E-state index contributed by atoms with van der Waals surface area (Å²) in [7, 11) is 1.28. The predicted molar refractivity (Wildman–Crippen MR) is 60.3 cm³/mol. The minimum absolute atomic E-state index is 0.128. The molecule has 0 fully saturated rings. The zero-order chi connectivity index (χ0) is 12.7. The largest absolute Gasteiger partial charge is 0.466 e. The number of ether oxygens (including phenoxy) is 2. The summed E-state index contributed by atoms with van der Waals surface area (Å²) in [6, 6.07) is 3.13. The van der Waals surface area contributed by atoms with E-state index in [9.17, 15) is 9.59 Å². The molecule has 0 N–H and O–H groups in total. The number of furan rings is 1. The molecule has 0 unspecified atom stereocenters. The average molecular weight is 238 g/mol. The Balaban J connectivity index is 2.51. The van der Waals surface area contributed by atoms with E-state index in [1.54, 1.807) is 25.1 Å². The minimum atomic E-state index is -0.532. The molecule has 92 valence electrons. The summed E-state index contributed by atoms with van der Waals surface area (Å²) in [6.45, 7) is 2.11. The first-order valence-electron chi connectivity index (χ1n) is 5.17. The van der Waals surface area contributed by atoms with Gasteiger partial charge >= 0.3 is 11.9 Å². The second-order valence-electron chi connectivity index (χ2n) is 3.11. The van der Waals surface area contributed by atoms with Gasteiger partial charge in [0.1, 0.15) is 5.76 Å². The maximum absolute atomic E-state index is 11.1. The fourth-order valence-electron chi connectivity index (χ4n) is 1.14. The normalized spacial score (nSPS) is 10.5. The summed E-state index contributed by atoms with van der Waals surface area (Å²) in [5.41, 5.74) is 0. The van der Waals surface area contributed by atoms with Crippen LogP contribution in [-0.4, -0.2) is 25.7 Å². The van der Waals surface area contributed by atoms with Crippen LogP contribution in [0.25, 0.3) is 6.08 Å². The molecule has 1 aromatic heterocycles. The van der Waals surface area contributed by atoms with Gasteiger partial charge in [0, 0.05) is 0 Å². The van der Waals surface area contributed by atoms with Crippen LogP contribution in [0.1, 0.15) is 29.7 Å². The number of rotatable bonds is 5. The standard InChI is InChI=1S/C12H14O5/c1-3-16-11(13)6-4-5-9-7-8-10(17-9)12(14)15-2/h4-5,7-8H,3,6H2,1-2H3. The van der Waals surface area contributed by atoms with Crippen LogP contribution in [0.15, 0.2) is 22.6 Å². The van der Waals surface area contributed by atoms with Crippen molar-refractivity contribution < 1.29 is 23.5 Å². The number of methoxy groups -OCH3 is 1. The van der Waals surface area contributed by atoms with Crippen molar-refractivity contribution >= 4 is 18.0 Å². The molecule has 0 bridgehead atoms. The van der Waals surface area contributed by atoms with Gasteiger partial charge in [-0.3, -0.25) is 4.79 Å². The molecular formula is C12H14O5. The van der Waals surface area contributed by atoms with Gasteiger partial charge in [-0.2, -0.15) is 0 Å². The Morgan fingerprint density at radius 1 is 1.41 bits per heavy atom. The monoisotopic (exact) mass is 238 g/mol. The van der Waals surface area contributed by atoms with Gasteiger partial charge in [-0.1, -0.05) is 6.08 Å². The maximum Gasteiger partial charge on any atom is 0.373 e. The Labute approximate surface area is 99.0 Å². The molecule has 0 radical (unpaired) electrons. The molecule has 0 aromatic carbocycles. The lowest BCUT2D eigenvalue weighted by molar-refractivity contribution is -0.142. The number of carbonyl (C=O) groups is 2. The van der Waals surface area contributed by atoms with E-state index in [0.717, 1.165) is 0 Å². The maximum atomic E-state index is 11.1. The average Bonchev–Trinajstić information content (AvgIpc) is 2.77. The highest BCUT2D eigenvalue weighted by molar-refractivity contribution is 5.86. The highest BCUT2D eigenvalue weighted by Gasteiger charge is 2.09. The van der Waals surface area contributed by atoms with Crippen molar-refractivity contribution in [3.05, 3.63) is 29.7 Å². The van der Waals surface area contributed by atoms with Gasteiger partial charge in [0.2, 0.25) is 5.76 Å². The van der Waals surface area contributed by atoms with Crippen molar-refractivity contribution in [2.45, 2.75) is 13.3 Å². The van der Waals surface area contributed by atoms with Gasteiger partial charge < -0.3 is 13.9 Å². The molecule has 0 aliphatic carbocycles. The molecule has 0 saturated carbocycles. The van der Waals surface area contributed by atoms with Crippen LogP contribution in [0.5, 0.6) is 0 Å². The van der Waals surface area contributed by atoms with Crippen molar-refractivity contribution in [3.63, 3.8) is 0 Å². The summed E-state index contributed by atoms with van der Waals surface area (Å²) >= 11 is 0. The Kier molecular flexibility index (Phi) is 5.00. The van der Waals surface area contributed by atoms with Crippen molar-refractivity contribution in [2.75, 3.05) is 13.7 Å². The van der Waals surface area contributed by atoms with Crippen molar-refractivity contribution in [2.24, 2.45) is 0 Å². The molecule has 5 nitrogen and oxygen atoms in total. The Morgan fingerprint density at radius 2 is 2.18 bits per heavy atom. The molecule has 17 heavy (non-hydrogen) atoms. The van der Waals surface area contributed by atoms with Crippen molar-refractivity contribution in [1.82, 2.24) is 0 Å². The zero-order valence-corrected chi connectivity index (χ0v) is 9.76. The summed E-state index contributed by atoms with van der Waals surface area (Å²) in [4.78, 5) is 22.1. The van der Waals surface area contributed by atoms with E-state index in [-0.39, 0.29) is 18.2 Å². The molecule has 1 rings (SSSR count). The summed E-state index contributed by atoms with van der Waals surface area (Å²) < 4.78 is 14.4. The lowest BCUT2D eigenvalue weighted by Gasteiger charge is -1.96. The third-order valence-corrected chi connectivity index (χ3v) is 1.89. The number of esters is 2. The van der Waals surface area contributed by atoms with Crippen LogP contribution < -0.4 is 0 Å². The first-order chi connectivity index (χ1) is 8.17. The molecule has 5 heteroatoms. The molecule has 0 atom stereocenters. The molecule has 0 spiro atoms. The highest BCUT2D eigenvalue weighted by Crippen LogP contribution is 2.10. The van der Waals surface area contributed by atoms with Crippen LogP contribution in [0, 0.1) is 0 Å². The van der Waals surface area contributed by atoms with Gasteiger partial charge in [0.15, 0.2) is 0 Å². The van der Waals surface area contributed by atoms with E-state index < -0.39 is 5.97 Å². The molecular weight excluding hydrogens is 224 g/mol. The topological polar surface area (TPSA) is 65.7 Å². The van der Waals surface area contributed by atoms with Gasteiger partial charge in [0.05, 0.1) is 20.1 Å². The lowest BCUT2D eigenvalue weighted by atomic mass is 10.3. The Hall–Kier alpha value is -2.04. The van der Waals surface area contributed by atoms with Crippen LogP contribution >= 0.6 is 0 Å². The van der Waals surface area contributed by atoms with Gasteiger partial charge in [-0.15, -0.1) is 0 Å². The molecule has 1 aromatic rings. The Morgan fingerprint density at radius 3 is 2.82 bits per heavy atom. The summed E-state index contributed by atoms with van der Waals surface area (Å²) in [5, 5.41) is 0. The third kappa shape index (κ3) is 4.14. The van der Waals surface area contributed by atoms with Crippen molar-refractivity contribution in [1.29, 1.82) is 0 Å². The molecule has 1 heterocycles. The number of carbonyl (C=O) groups excluding carboxylic acids is 2. The van der Waals surface area contributed by atoms with E-state index in [2.05, 4.69) is 4.74 Å². The van der Waals surface area contributed by atoms with Gasteiger partial charge in [-0.25, -0.2) is 4.79 Å². The van der Waals surface area contributed by atoms with Crippen LogP contribution in [0.2, 0.25) is 0 Å². The smallest absolute Gasteiger partial charge is 0.373 e. The minimum Gasteiger partial charge on any atom is -0.466 e. The van der Waals surface area contributed by atoms with E-state index >= 15 is 0 Å². The lowest BCUT2D eigenvalue weighted by Crippen LogP contribution is -2.01. The number of hydrogen-bond donors (Lipinski definition) is 0. The summed E-state index contributed by atoms with van der Waals surface area (Å²) in [5.74, 6) is -0.225. The molecule has 0 amide bonds. The summed E-state index contributed by atoms with van der Waals surface area (Å²) in [6.07, 6.45) is 3.38. The predicted octanol–water partition coefficient (Wildman–Crippen LogP) is 2.03. The van der Waals surface area contributed by atoms with Crippen LogP contribution in [-0.2, 0) is 14.3 Å². The SMILES string of the molecule is CCOC(=O)CC=Cc1ccc(C(=O)OC)o1. The van der Waals surface area contributed by atoms with Gasteiger partial charge in [0.25, 0.3) is 0 Å². The van der Waals surface area contributed by atoms with Crippen LogP contribution in [0.3, 0.4) is 0 Å². The van der Waals surface area contributed by atoms with E-state index in [1.807, 2.05) is 0 Å². The van der Waals surface area contributed by atoms with Gasteiger partial charge in [-0.05, 0) is 25.1 Å². The van der Waals surface area contributed by atoms with E-state index in [1.165, 1.54) is 13.2 Å².